The fourth-order valence-corrected chi connectivity index (χ4v) is 5.07. The van der Waals surface area contributed by atoms with Crippen LogP contribution in [0.5, 0.6) is 11.5 Å². The lowest BCUT2D eigenvalue weighted by atomic mass is 10.0. The Bertz CT molecular complexity index is 1260. The van der Waals surface area contributed by atoms with Crippen LogP contribution < -0.4 is 9.47 Å². The zero-order valence-corrected chi connectivity index (χ0v) is 26.5. The van der Waals surface area contributed by atoms with E-state index in [2.05, 4.69) is 16.9 Å². The van der Waals surface area contributed by atoms with Crippen molar-refractivity contribution in [3.8, 4) is 34.0 Å². The maximum Gasteiger partial charge on any atom is 0.348 e. The lowest BCUT2D eigenvalue weighted by Gasteiger charge is -2.17. The van der Waals surface area contributed by atoms with Crippen LogP contribution in [0, 0.1) is 11.6 Å². The number of esters is 1. The van der Waals surface area contributed by atoms with Crippen molar-refractivity contribution in [2.75, 3.05) is 6.61 Å². The van der Waals surface area contributed by atoms with Gasteiger partial charge in [0.15, 0.2) is 23.2 Å². The Labute approximate surface area is 260 Å². The first-order valence-electron chi connectivity index (χ1n) is 16.2. The molecule has 3 aromatic rings. The summed E-state index contributed by atoms with van der Waals surface area (Å²) in [6.45, 7) is 5.51. The molecule has 0 aliphatic carbocycles. The topological polar surface area (TPSA) is 61.3 Å². The van der Waals surface area contributed by atoms with Gasteiger partial charge in [0.05, 0.1) is 6.61 Å². The zero-order valence-electron chi connectivity index (χ0n) is 26.5. The Kier molecular flexibility index (Phi) is 14.7. The van der Waals surface area contributed by atoms with Gasteiger partial charge in [0, 0.05) is 23.5 Å². The number of benzene rings is 2. The normalized spacial score (nSPS) is 12.6. The lowest BCUT2D eigenvalue weighted by Crippen LogP contribution is -2.34. The predicted molar refractivity (Wildman–Crippen MR) is 169 cm³/mol. The molecule has 0 bridgehead atoms. The van der Waals surface area contributed by atoms with Crippen molar-refractivity contribution in [1.82, 2.24) is 9.97 Å². The van der Waals surface area contributed by atoms with Gasteiger partial charge in [0.25, 0.3) is 0 Å². The van der Waals surface area contributed by atoms with Crippen LogP contribution >= 0.6 is 0 Å². The molecule has 1 aromatic heterocycles. The van der Waals surface area contributed by atoms with Gasteiger partial charge >= 0.3 is 5.97 Å². The first-order chi connectivity index (χ1) is 21.2. The summed E-state index contributed by atoms with van der Waals surface area (Å²) < 4.78 is 54.5. The molecular formula is C36H47F3N2O3. The average molecular weight is 613 g/mol. The molecule has 2 aromatic carbocycles. The molecule has 44 heavy (non-hydrogen) atoms. The van der Waals surface area contributed by atoms with Gasteiger partial charge in [-0.1, -0.05) is 103 Å². The summed E-state index contributed by atoms with van der Waals surface area (Å²) in [5.41, 5.74) is -0.469. The number of aromatic nitrogens is 2. The number of hydrogen-bond acceptors (Lipinski definition) is 5. The highest BCUT2D eigenvalue weighted by atomic mass is 19.1. The highest BCUT2D eigenvalue weighted by Crippen LogP contribution is 2.29. The summed E-state index contributed by atoms with van der Waals surface area (Å²) in [7, 11) is 0. The van der Waals surface area contributed by atoms with Crippen molar-refractivity contribution in [3.05, 3.63) is 60.4 Å². The molecule has 0 unspecified atom stereocenters. The first kappa shape index (κ1) is 35.1. The van der Waals surface area contributed by atoms with E-state index >= 15 is 0 Å². The number of carbonyl (C=O) groups excluding carboxylic acids is 1. The van der Waals surface area contributed by atoms with Crippen LogP contribution in [-0.2, 0) is 4.79 Å². The van der Waals surface area contributed by atoms with E-state index in [-0.39, 0.29) is 35.9 Å². The minimum atomic E-state index is -2.05. The second-order valence-electron chi connectivity index (χ2n) is 11.7. The maximum absolute atomic E-state index is 14.8. The molecule has 0 saturated heterocycles. The molecule has 0 saturated carbocycles. The summed E-state index contributed by atoms with van der Waals surface area (Å²) in [5, 5.41) is 0. The number of nitrogens with zero attached hydrogens (tertiary/aromatic N) is 2. The molecule has 240 valence electrons. The summed E-state index contributed by atoms with van der Waals surface area (Å²) in [6.07, 6.45) is 18.2. The van der Waals surface area contributed by atoms with Crippen molar-refractivity contribution in [2.24, 2.45) is 0 Å². The van der Waals surface area contributed by atoms with E-state index in [0.717, 1.165) is 24.8 Å². The Morgan fingerprint density at radius 1 is 0.727 bits per heavy atom. The monoisotopic (exact) mass is 612 g/mol. The quantitative estimate of drug-likeness (QED) is 0.0722. The van der Waals surface area contributed by atoms with Gasteiger partial charge in [0.2, 0.25) is 5.67 Å². The molecule has 8 heteroatoms. The number of unbranched alkanes of at least 4 members (excludes halogenated alkanes) is 11. The minimum absolute atomic E-state index is 0.0800. The van der Waals surface area contributed by atoms with Crippen LogP contribution in [-0.4, -0.2) is 28.2 Å². The van der Waals surface area contributed by atoms with Gasteiger partial charge in [0.1, 0.15) is 5.75 Å². The van der Waals surface area contributed by atoms with E-state index in [9.17, 15) is 18.0 Å². The van der Waals surface area contributed by atoms with Gasteiger partial charge < -0.3 is 9.47 Å². The Morgan fingerprint density at radius 2 is 1.25 bits per heavy atom. The number of halogens is 3. The van der Waals surface area contributed by atoms with Gasteiger partial charge in [-0.15, -0.1) is 0 Å². The molecular weight excluding hydrogens is 565 g/mol. The molecule has 1 heterocycles. The van der Waals surface area contributed by atoms with Gasteiger partial charge in [-0.3, -0.25) is 0 Å². The van der Waals surface area contributed by atoms with E-state index in [1.165, 1.54) is 89.2 Å². The summed E-state index contributed by atoms with van der Waals surface area (Å²) in [6, 6.07) is 8.86. The van der Waals surface area contributed by atoms with Gasteiger partial charge in [-0.05, 0) is 49.6 Å². The van der Waals surface area contributed by atoms with Crippen LogP contribution in [0.1, 0.15) is 111 Å². The third-order valence-corrected chi connectivity index (χ3v) is 7.70. The maximum atomic E-state index is 14.8. The van der Waals surface area contributed by atoms with Gasteiger partial charge in [-0.2, -0.15) is 0 Å². The molecule has 0 aliphatic heterocycles. The number of ether oxygens (including phenoxy) is 2. The van der Waals surface area contributed by atoms with Crippen molar-refractivity contribution < 1.29 is 27.4 Å². The Morgan fingerprint density at radius 3 is 1.77 bits per heavy atom. The summed E-state index contributed by atoms with van der Waals surface area (Å²) >= 11 is 0. The first-order valence-corrected chi connectivity index (χ1v) is 16.2. The molecule has 0 fully saturated rings. The Balaban J connectivity index is 1.44. The molecule has 0 radical (unpaired) electrons. The van der Waals surface area contributed by atoms with Crippen LogP contribution in [0.25, 0.3) is 22.5 Å². The summed E-state index contributed by atoms with van der Waals surface area (Å²) in [4.78, 5) is 20.7. The molecule has 0 amide bonds. The third kappa shape index (κ3) is 11.3. The van der Waals surface area contributed by atoms with E-state index in [0.29, 0.717) is 12.0 Å². The van der Waals surface area contributed by atoms with Crippen LogP contribution in [0.4, 0.5) is 13.2 Å². The molecule has 0 spiro atoms. The van der Waals surface area contributed by atoms with E-state index in [1.54, 1.807) is 31.2 Å². The highest BCUT2D eigenvalue weighted by molar-refractivity contribution is 5.81. The van der Waals surface area contributed by atoms with Crippen LogP contribution in [0.3, 0.4) is 0 Å². The second-order valence-corrected chi connectivity index (χ2v) is 11.7. The fourth-order valence-electron chi connectivity index (χ4n) is 5.07. The molecule has 1 atom stereocenters. The van der Waals surface area contributed by atoms with Crippen molar-refractivity contribution in [2.45, 2.75) is 116 Å². The fraction of sp³-hybridized carbons (Fsp3) is 0.528. The predicted octanol–water partition coefficient (Wildman–Crippen LogP) is 10.6. The third-order valence-electron chi connectivity index (χ3n) is 7.70. The SMILES string of the molecule is CCCCCCCCCCCCCCOc1c(F)cc(-c2ncc(-c3ccc(OC(=O)[C@@](C)(F)CCC)cc3)cn2)cc1F. The largest absolute Gasteiger partial charge is 0.488 e. The Hall–Kier alpha value is -3.42. The van der Waals surface area contributed by atoms with E-state index < -0.39 is 23.3 Å². The second kappa shape index (κ2) is 18.4. The van der Waals surface area contributed by atoms with Crippen molar-refractivity contribution in [1.29, 1.82) is 0 Å². The number of rotatable bonds is 20. The summed E-state index contributed by atoms with van der Waals surface area (Å²) in [5.74, 6) is -2.50. The highest BCUT2D eigenvalue weighted by Gasteiger charge is 2.34. The van der Waals surface area contributed by atoms with E-state index in [1.807, 2.05) is 0 Å². The van der Waals surface area contributed by atoms with Crippen LogP contribution in [0.15, 0.2) is 48.8 Å². The zero-order chi connectivity index (χ0) is 31.8. The minimum Gasteiger partial charge on any atom is -0.488 e. The average Bonchev–Trinajstić information content (AvgIpc) is 3.01. The molecule has 5 nitrogen and oxygen atoms in total. The number of carbonyl (C=O) groups is 1. The lowest BCUT2D eigenvalue weighted by molar-refractivity contribution is -0.147. The van der Waals surface area contributed by atoms with Gasteiger partial charge in [-0.25, -0.2) is 27.9 Å². The molecule has 0 N–H and O–H groups in total. The number of hydrogen-bond donors (Lipinski definition) is 0. The molecule has 0 aliphatic rings. The van der Waals surface area contributed by atoms with Crippen molar-refractivity contribution >= 4 is 5.97 Å². The molecule has 3 rings (SSSR count). The van der Waals surface area contributed by atoms with E-state index in [4.69, 9.17) is 9.47 Å². The smallest absolute Gasteiger partial charge is 0.348 e. The van der Waals surface area contributed by atoms with Crippen molar-refractivity contribution in [3.63, 3.8) is 0 Å². The number of alkyl halides is 1. The van der Waals surface area contributed by atoms with Crippen LogP contribution in [0.2, 0.25) is 0 Å². The standard InChI is InChI=1S/C36H47F3N2O3/c1-4-6-7-8-9-10-11-12-13-14-15-16-22-43-33-31(37)23-28(24-32(33)38)34-40-25-29(26-41-34)27-17-19-30(20-18-27)44-35(42)36(3,39)21-5-2/h17-20,23-26H,4-16,21-22H2,1-3H3/t36-/m0/s1.